The van der Waals surface area contributed by atoms with Crippen LogP contribution in [0.4, 0.5) is 5.69 Å². The van der Waals surface area contributed by atoms with E-state index in [0.717, 1.165) is 16.9 Å². The molecule has 0 radical (unpaired) electrons. The lowest BCUT2D eigenvalue weighted by atomic mass is 10.1. The summed E-state index contributed by atoms with van der Waals surface area (Å²) in [5.41, 5.74) is 3.33. The van der Waals surface area contributed by atoms with Crippen LogP contribution in [0.5, 0.6) is 0 Å². The van der Waals surface area contributed by atoms with E-state index in [1.165, 1.54) is 0 Å². The number of rotatable bonds is 2. The van der Waals surface area contributed by atoms with Crippen molar-refractivity contribution in [3.8, 4) is 0 Å². The summed E-state index contributed by atoms with van der Waals surface area (Å²) in [7, 11) is 0. The highest BCUT2D eigenvalue weighted by atomic mass is 16.1. The normalized spacial score (nSPS) is 10.6. The van der Waals surface area contributed by atoms with Gasteiger partial charge in [-0.25, -0.2) is 4.98 Å². The van der Waals surface area contributed by atoms with Crippen LogP contribution < -0.4 is 5.32 Å². The third kappa shape index (κ3) is 2.33. The Morgan fingerprint density at radius 3 is 3.00 bits per heavy atom. The van der Waals surface area contributed by atoms with E-state index in [9.17, 15) is 4.79 Å². The van der Waals surface area contributed by atoms with Crippen molar-refractivity contribution < 1.29 is 4.79 Å². The van der Waals surface area contributed by atoms with Crippen molar-refractivity contribution in [3.63, 3.8) is 0 Å². The maximum absolute atomic E-state index is 12.1. The van der Waals surface area contributed by atoms with Crippen LogP contribution in [0.3, 0.4) is 0 Å². The minimum Gasteiger partial charge on any atom is -0.321 e. The summed E-state index contributed by atoms with van der Waals surface area (Å²) in [4.78, 5) is 16.3. The summed E-state index contributed by atoms with van der Waals surface area (Å²) in [5, 5.41) is 2.88. The number of amides is 1. The molecule has 0 bridgehead atoms. The molecule has 0 atom stereocenters. The van der Waals surface area contributed by atoms with E-state index in [2.05, 4.69) is 10.3 Å². The molecule has 0 spiro atoms. The Bertz CT molecular complexity index is 746. The van der Waals surface area contributed by atoms with Crippen LogP contribution in [0.1, 0.15) is 15.9 Å². The number of hydrogen-bond donors (Lipinski definition) is 1. The molecule has 1 aromatic carbocycles. The van der Waals surface area contributed by atoms with Gasteiger partial charge >= 0.3 is 0 Å². The first-order valence-corrected chi connectivity index (χ1v) is 6.03. The zero-order valence-electron chi connectivity index (χ0n) is 10.5. The number of carbonyl (C=O) groups is 1. The maximum Gasteiger partial charge on any atom is 0.255 e. The van der Waals surface area contributed by atoms with Crippen molar-refractivity contribution >= 4 is 17.2 Å². The van der Waals surface area contributed by atoms with Gasteiger partial charge in [-0.05, 0) is 31.2 Å². The smallest absolute Gasteiger partial charge is 0.255 e. The van der Waals surface area contributed by atoms with Crippen LogP contribution in [0.15, 0.2) is 55.0 Å². The van der Waals surface area contributed by atoms with Crippen LogP contribution in [0.25, 0.3) is 5.65 Å². The zero-order valence-corrected chi connectivity index (χ0v) is 10.5. The first-order chi connectivity index (χ1) is 9.22. The van der Waals surface area contributed by atoms with E-state index in [1.807, 2.05) is 54.0 Å². The molecular formula is C15H13N3O. The summed E-state index contributed by atoms with van der Waals surface area (Å²) in [6.07, 6.45) is 5.41. The monoisotopic (exact) mass is 251 g/mol. The Labute approximate surface area is 110 Å². The Morgan fingerprint density at radius 2 is 2.16 bits per heavy atom. The van der Waals surface area contributed by atoms with Gasteiger partial charge in [0.05, 0.1) is 5.69 Å². The number of aromatic nitrogens is 2. The van der Waals surface area contributed by atoms with Gasteiger partial charge in [0.15, 0.2) is 0 Å². The number of nitrogens with zero attached hydrogens (tertiary/aromatic N) is 2. The third-order valence-corrected chi connectivity index (χ3v) is 2.93. The Morgan fingerprint density at radius 1 is 1.26 bits per heavy atom. The number of fused-ring (bicyclic) bond motifs is 1. The topological polar surface area (TPSA) is 46.4 Å². The van der Waals surface area contributed by atoms with Crippen LogP contribution in [-0.4, -0.2) is 15.3 Å². The number of nitrogens with one attached hydrogen (secondary N) is 1. The molecule has 2 aromatic heterocycles. The molecule has 2 heterocycles. The zero-order chi connectivity index (χ0) is 13.2. The molecule has 19 heavy (non-hydrogen) atoms. The highest BCUT2D eigenvalue weighted by Gasteiger charge is 2.06. The molecule has 0 fully saturated rings. The van der Waals surface area contributed by atoms with Crippen LogP contribution >= 0.6 is 0 Å². The summed E-state index contributed by atoms with van der Waals surface area (Å²) in [5.74, 6) is -0.108. The fourth-order valence-corrected chi connectivity index (χ4v) is 1.98. The Balaban J connectivity index is 1.86. The predicted molar refractivity (Wildman–Crippen MR) is 74.3 cm³/mol. The van der Waals surface area contributed by atoms with Crippen molar-refractivity contribution in [1.29, 1.82) is 0 Å². The number of imidazole rings is 1. The van der Waals surface area contributed by atoms with E-state index in [-0.39, 0.29) is 5.91 Å². The molecule has 4 heteroatoms. The molecule has 0 saturated heterocycles. The van der Waals surface area contributed by atoms with Gasteiger partial charge in [-0.3, -0.25) is 4.79 Å². The second-order valence-electron chi connectivity index (χ2n) is 4.43. The van der Waals surface area contributed by atoms with E-state index in [0.29, 0.717) is 5.56 Å². The van der Waals surface area contributed by atoms with Crippen molar-refractivity contribution in [1.82, 2.24) is 9.38 Å². The SMILES string of the molecule is Cc1cccc(C(=O)Nc2ccc3nccn3c2)c1. The Kier molecular flexibility index (Phi) is 2.76. The van der Waals surface area contributed by atoms with Gasteiger partial charge in [0, 0.05) is 24.2 Å². The lowest BCUT2D eigenvalue weighted by Crippen LogP contribution is -2.12. The van der Waals surface area contributed by atoms with Crippen molar-refractivity contribution in [3.05, 3.63) is 66.1 Å². The first kappa shape index (κ1) is 11.5. The maximum atomic E-state index is 12.1. The van der Waals surface area contributed by atoms with Gasteiger partial charge in [-0.1, -0.05) is 17.7 Å². The molecule has 3 rings (SSSR count). The van der Waals surface area contributed by atoms with E-state index >= 15 is 0 Å². The number of benzene rings is 1. The second-order valence-corrected chi connectivity index (χ2v) is 4.43. The fourth-order valence-electron chi connectivity index (χ4n) is 1.98. The van der Waals surface area contributed by atoms with E-state index < -0.39 is 0 Å². The summed E-state index contributed by atoms with van der Waals surface area (Å²) >= 11 is 0. The summed E-state index contributed by atoms with van der Waals surface area (Å²) in [6, 6.07) is 11.2. The van der Waals surface area contributed by atoms with Gasteiger partial charge in [-0.2, -0.15) is 0 Å². The largest absolute Gasteiger partial charge is 0.321 e. The molecule has 0 aliphatic rings. The minimum atomic E-state index is -0.108. The standard InChI is InChI=1S/C15H13N3O/c1-11-3-2-4-12(9-11)15(19)17-13-5-6-14-16-7-8-18(14)10-13/h2-10H,1H3,(H,17,19). The lowest BCUT2D eigenvalue weighted by Gasteiger charge is -2.06. The van der Waals surface area contributed by atoms with E-state index in [1.54, 1.807) is 12.3 Å². The molecule has 0 saturated carbocycles. The van der Waals surface area contributed by atoms with Crippen LogP contribution in [0.2, 0.25) is 0 Å². The molecule has 0 aliphatic carbocycles. The van der Waals surface area contributed by atoms with Gasteiger partial charge < -0.3 is 9.72 Å². The van der Waals surface area contributed by atoms with Gasteiger partial charge in [-0.15, -0.1) is 0 Å². The second kappa shape index (κ2) is 4.57. The average molecular weight is 251 g/mol. The molecule has 0 unspecified atom stereocenters. The molecule has 4 nitrogen and oxygen atoms in total. The summed E-state index contributed by atoms with van der Waals surface area (Å²) < 4.78 is 1.87. The quantitative estimate of drug-likeness (QED) is 0.761. The van der Waals surface area contributed by atoms with E-state index in [4.69, 9.17) is 0 Å². The fraction of sp³-hybridized carbons (Fsp3) is 0.0667. The minimum absolute atomic E-state index is 0.108. The predicted octanol–water partition coefficient (Wildman–Crippen LogP) is 2.90. The molecule has 1 N–H and O–H groups in total. The van der Waals surface area contributed by atoms with Crippen molar-refractivity contribution in [2.45, 2.75) is 6.92 Å². The number of hydrogen-bond acceptors (Lipinski definition) is 2. The molecule has 0 aliphatic heterocycles. The van der Waals surface area contributed by atoms with Gasteiger partial charge in [0.2, 0.25) is 0 Å². The molecule has 94 valence electrons. The molecular weight excluding hydrogens is 238 g/mol. The number of aryl methyl sites for hydroxylation is 1. The number of pyridine rings is 1. The number of anilines is 1. The van der Waals surface area contributed by atoms with Crippen molar-refractivity contribution in [2.24, 2.45) is 0 Å². The highest BCUT2D eigenvalue weighted by Crippen LogP contribution is 2.12. The average Bonchev–Trinajstić information content (AvgIpc) is 2.86. The van der Waals surface area contributed by atoms with Gasteiger partial charge in [0.1, 0.15) is 5.65 Å². The summed E-state index contributed by atoms with van der Waals surface area (Å²) in [6.45, 7) is 1.97. The van der Waals surface area contributed by atoms with Crippen LogP contribution in [-0.2, 0) is 0 Å². The molecule has 3 aromatic rings. The Hall–Kier alpha value is -2.62. The highest BCUT2D eigenvalue weighted by molar-refractivity contribution is 6.04. The number of carbonyl (C=O) groups excluding carboxylic acids is 1. The van der Waals surface area contributed by atoms with Crippen LogP contribution in [0, 0.1) is 6.92 Å². The van der Waals surface area contributed by atoms with Gasteiger partial charge in [0.25, 0.3) is 5.91 Å². The van der Waals surface area contributed by atoms with Crippen molar-refractivity contribution in [2.75, 3.05) is 5.32 Å². The molecule has 1 amide bonds. The first-order valence-electron chi connectivity index (χ1n) is 6.03. The lowest BCUT2D eigenvalue weighted by molar-refractivity contribution is 0.102. The third-order valence-electron chi connectivity index (χ3n) is 2.93.